The number of nitrogens with two attached hydrogens (primary N) is 1. The molecule has 0 aliphatic heterocycles. The van der Waals surface area contributed by atoms with Crippen LogP contribution in [0.4, 0.5) is 5.69 Å². The van der Waals surface area contributed by atoms with Crippen molar-refractivity contribution in [3.05, 3.63) is 29.8 Å². The van der Waals surface area contributed by atoms with E-state index in [9.17, 15) is 5.11 Å². The van der Waals surface area contributed by atoms with E-state index in [1.807, 2.05) is 24.3 Å². The van der Waals surface area contributed by atoms with Crippen LogP contribution in [0.1, 0.15) is 50.2 Å². The van der Waals surface area contributed by atoms with Crippen molar-refractivity contribution in [2.24, 2.45) is 0 Å². The number of aliphatic hydroxyl groups excluding tert-OH is 1. The number of benzene rings is 1. The minimum Gasteiger partial charge on any atom is -0.399 e. The van der Waals surface area contributed by atoms with Crippen LogP contribution in [0.2, 0.25) is 0 Å². The summed E-state index contributed by atoms with van der Waals surface area (Å²) in [6.07, 6.45) is 7.13. The fourth-order valence-electron chi connectivity index (χ4n) is 2.92. The summed E-state index contributed by atoms with van der Waals surface area (Å²) in [6.45, 7) is 0.955. The summed E-state index contributed by atoms with van der Waals surface area (Å²) in [6, 6.07) is 8.25. The summed E-state index contributed by atoms with van der Waals surface area (Å²) in [5.74, 6) is 0. The van der Waals surface area contributed by atoms with Crippen LogP contribution < -0.4 is 5.73 Å². The van der Waals surface area contributed by atoms with Crippen LogP contribution in [0.3, 0.4) is 0 Å². The van der Waals surface area contributed by atoms with Gasteiger partial charge in [-0.15, -0.1) is 0 Å². The highest BCUT2D eigenvalue weighted by Gasteiger charge is 2.18. The molecule has 1 unspecified atom stereocenters. The van der Waals surface area contributed by atoms with E-state index in [1.54, 1.807) is 0 Å². The molecule has 0 radical (unpaired) electrons. The Kier molecular flexibility index (Phi) is 5.23. The average Bonchev–Trinajstić information content (AvgIpc) is 2.46. The van der Waals surface area contributed by atoms with Crippen molar-refractivity contribution in [3.63, 3.8) is 0 Å². The Balaban J connectivity index is 1.79. The van der Waals surface area contributed by atoms with Crippen molar-refractivity contribution in [3.8, 4) is 0 Å². The molecule has 3 N–H and O–H groups in total. The molecule has 2 rings (SSSR count). The number of nitrogens with zero attached hydrogens (tertiary/aromatic N) is 1. The van der Waals surface area contributed by atoms with E-state index >= 15 is 0 Å². The maximum absolute atomic E-state index is 10.2. The lowest BCUT2D eigenvalue weighted by Crippen LogP contribution is -2.34. The van der Waals surface area contributed by atoms with Gasteiger partial charge in [0.15, 0.2) is 0 Å². The number of anilines is 1. The molecule has 1 aliphatic carbocycles. The Hall–Kier alpha value is -1.06. The van der Waals surface area contributed by atoms with Crippen molar-refractivity contribution in [2.75, 3.05) is 19.3 Å². The van der Waals surface area contributed by atoms with E-state index in [0.717, 1.165) is 24.2 Å². The summed E-state index contributed by atoms with van der Waals surface area (Å²) in [5.41, 5.74) is 7.37. The Morgan fingerprint density at radius 1 is 1.21 bits per heavy atom. The number of aliphatic hydroxyl groups is 1. The van der Waals surface area contributed by atoms with E-state index in [4.69, 9.17) is 5.73 Å². The third kappa shape index (κ3) is 4.22. The number of rotatable bonds is 5. The van der Waals surface area contributed by atoms with Crippen LogP contribution in [0.5, 0.6) is 0 Å². The molecule has 106 valence electrons. The lowest BCUT2D eigenvalue weighted by molar-refractivity contribution is 0.125. The summed E-state index contributed by atoms with van der Waals surface area (Å²) in [7, 11) is 2.19. The Labute approximate surface area is 116 Å². The molecular formula is C16H26N2O. The first-order valence-electron chi connectivity index (χ1n) is 7.40. The van der Waals surface area contributed by atoms with Crippen LogP contribution in [-0.4, -0.2) is 29.6 Å². The number of hydrogen-bond donors (Lipinski definition) is 2. The second-order valence-corrected chi connectivity index (χ2v) is 5.74. The largest absolute Gasteiger partial charge is 0.399 e. The SMILES string of the molecule is CN(CCC(O)c1ccc(N)cc1)C1CCCCC1. The molecule has 0 spiro atoms. The third-order valence-corrected chi connectivity index (χ3v) is 4.27. The Morgan fingerprint density at radius 3 is 2.47 bits per heavy atom. The molecule has 0 saturated heterocycles. The predicted molar refractivity (Wildman–Crippen MR) is 79.9 cm³/mol. The lowest BCUT2D eigenvalue weighted by Gasteiger charge is -2.31. The molecule has 0 bridgehead atoms. The maximum atomic E-state index is 10.2. The highest BCUT2D eigenvalue weighted by atomic mass is 16.3. The monoisotopic (exact) mass is 262 g/mol. The highest BCUT2D eigenvalue weighted by Crippen LogP contribution is 2.23. The van der Waals surface area contributed by atoms with Gasteiger partial charge in [0.25, 0.3) is 0 Å². The second-order valence-electron chi connectivity index (χ2n) is 5.74. The minimum atomic E-state index is -0.383. The van der Waals surface area contributed by atoms with Gasteiger partial charge in [0.1, 0.15) is 0 Å². The molecule has 0 aromatic heterocycles. The summed E-state index contributed by atoms with van der Waals surface area (Å²) in [5, 5.41) is 10.2. The van der Waals surface area contributed by atoms with E-state index in [2.05, 4.69) is 11.9 Å². The van der Waals surface area contributed by atoms with Crippen molar-refractivity contribution in [1.29, 1.82) is 0 Å². The Morgan fingerprint density at radius 2 is 1.84 bits per heavy atom. The minimum absolute atomic E-state index is 0.383. The van der Waals surface area contributed by atoms with Crippen LogP contribution in [0.15, 0.2) is 24.3 Å². The van der Waals surface area contributed by atoms with Gasteiger partial charge >= 0.3 is 0 Å². The van der Waals surface area contributed by atoms with Crippen LogP contribution in [-0.2, 0) is 0 Å². The Bertz CT molecular complexity index is 371. The molecule has 1 aromatic rings. The third-order valence-electron chi connectivity index (χ3n) is 4.27. The molecule has 3 heteroatoms. The van der Waals surface area contributed by atoms with Crippen molar-refractivity contribution in [1.82, 2.24) is 4.90 Å². The average molecular weight is 262 g/mol. The van der Waals surface area contributed by atoms with Gasteiger partial charge in [-0.05, 0) is 44.0 Å². The molecule has 0 heterocycles. The van der Waals surface area contributed by atoms with Gasteiger partial charge < -0.3 is 15.7 Å². The molecule has 1 atom stereocenters. The topological polar surface area (TPSA) is 49.5 Å². The first-order valence-corrected chi connectivity index (χ1v) is 7.40. The van der Waals surface area contributed by atoms with E-state index in [1.165, 1.54) is 32.1 Å². The van der Waals surface area contributed by atoms with E-state index in [-0.39, 0.29) is 6.10 Å². The first-order chi connectivity index (χ1) is 9.16. The summed E-state index contributed by atoms with van der Waals surface area (Å²) < 4.78 is 0. The molecule has 3 nitrogen and oxygen atoms in total. The zero-order valence-corrected chi connectivity index (χ0v) is 11.9. The second kappa shape index (κ2) is 6.92. The van der Waals surface area contributed by atoms with Crippen LogP contribution >= 0.6 is 0 Å². The molecule has 1 aromatic carbocycles. The van der Waals surface area contributed by atoms with Gasteiger partial charge in [-0.2, -0.15) is 0 Å². The quantitative estimate of drug-likeness (QED) is 0.802. The molecule has 1 aliphatic rings. The number of nitrogen functional groups attached to an aromatic ring is 1. The van der Waals surface area contributed by atoms with Crippen molar-refractivity contribution >= 4 is 5.69 Å². The molecule has 1 fully saturated rings. The van der Waals surface area contributed by atoms with E-state index in [0.29, 0.717) is 6.04 Å². The van der Waals surface area contributed by atoms with E-state index < -0.39 is 0 Å². The molecule has 1 saturated carbocycles. The predicted octanol–water partition coefficient (Wildman–Crippen LogP) is 2.96. The fraction of sp³-hybridized carbons (Fsp3) is 0.625. The zero-order chi connectivity index (χ0) is 13.7. The van der Waals surface area contributed by atoms with Crippen LogP contribution in [0.25, 0.3) is 0 Å². The van der Waals surface area contributed by atoms with Gasteiger partial charge in [0.05, 0.1) is 6.10 Å². The van der Waals surface area contributed by atoms with Crippen LogP contribution in [0, 0.1) is 0 Å². The van der Waals surface area contributed by atoms with Crippen molar-refractivity contribution < 1.29 is 5.11 Å². The summed E-state index contributed by atoms with van der Waals surface area (Å²) >= 11 is 0. The van der Waals surface area contributed by atoms with Gasteiger partial charge in [-0.1, -0.05) is 31.4 Å². The van der Waals surface area contributed by atoms with Gasteiger partial charge in [0, 0.05) is 18.3 Å². The number of hydrogen-bond acceptors (Lipinski definition) is 3. The first kappa shape index (κ1) is 14.4. The zero-order valence-electron chi connectivity index (χ0n) is 11.9. The molecule has 0 amide bonds. The summed E-state index contributed by atoms with van der Waals surface area (Å²) in [4.78, 5) is 2.42. The smallest absolute Gasteiger partial charge is 0.0802 e. The van der Waals surface area contributed by atoms with Gasteiger partial charge in [-0.3, -0.25) is 0 Å². The highest BCUT2D eigenvalue weighted by molar-refractivity contribution is 5.39. The van der Waals surface area contributed by atoms with Gasteiger partial charge in [-0.25, -0.2) is 0 Å². The fourth-order valence-corrected chi connectivity index (χ4v) is 2.92. The van der Waals surface area contributed by atoms with Gasteiger partial charge in [0.2, 0.25) is 0 Å². The van der Waals surface area contributed by atoms with Crippen molar-refractivity contribution in [2.45, 2.75) is 50.7 Å². The molecular weight excluding hydrogens is 236 g/mol. The molecule has 19 heavy (non-hydrogen) atoms. The normalized spacial score (nSPS) is 18.7. The standard InChI is InChI=1S/C16H26N2O/c1-18(15-5-3-2-4-6-15)12-11-16(19)13-7-9-14(17)10-8-13/h7-10,15-16,19H,2-6,11-12,17H2,1H3. The lowest BCUT2D eigenvalue weighted by atomic mass is 9.94. The maximum Gasteiger partial charge on any atom is 0.0802 e.